The summed E-state index contributed by atoms with van der Waals surface area (Å²) >= 11 is 0. The molecule has 0 radical (unpaired) electrons. The van der Waals surface area contributed by atoms with Crippen molar-refractivity contribution >= 4 is 43.9 Å². The van der Waals surface area contributed by atoms with Gasteiger partial charge in [0.15, 0.2) is 22.3 Å². The Labute approximate surface area is 176 Å². The van der Waals surface area contributed by atoms with E-state index in [1.165, 1.54) is 37.8 Å². The fraction of sp³-hybridized carbons (Fsp3) is 0.0435. The second kappa shape index (κ2) is 6.42. The lowest BCUT2D eigenvalue weighted by Crippen LogP contribution is -1.99. The molecule has 0 atom stereocenters. The molecule has 6 aromatic rings. The van der Waals surface area contributed by atoms with E-state index in [-0.39, 0.29) is 39.6 Å². The lowest BCUT2D eigenvalue weighted by atomic mass is 10.1. The number of aromatic hydroxyl groups is 1. The topological polar surface area (TPSA) is 125 Å². The number of rotatable bonds is 3. The molecular formula is C23H12O9. The number of phenolic OH excluding ortho intramolecular Hbond substituents is 1. The lowest BCUT2D eigenvalue weighted by molar-refractivity contribution is 0.420. The summed E-state index contributed by atoms with van der Waals surface area (Å²) in [6.45, 7) is 0. The van der Waals surface area contributed by atoms with Crippen LogP contribution in [0.2, 0.25) is 0 Å². The maximum atomic E-state index is 12.0. The maximum absolute atomic E-state index is 12.0. The van der Waals surface area contributed by atoms with Crippen molar-refractivity contribution in [2.45, 2.75) is 0 Å². The van der Waals surface area contributed by atoms with Crippen molar-refractivity contribution in [3.63, 3.8) is 0 Å². The molecule has 2 aromatic carbocycles. The van der Waals surface area contributed by atoms with Gasteiger partial charge in [-0.3, -0.25) is 0 Å². The van der Waals surface area contributed by atoms with Crippen molar-refractivity contribution < 1.29 is 32.2 Å². The largest absolute Gasteiger partial charge is 0.502 e. The number of fused-ring (bicyclic) bond motifs is 4. The first-order valence-corrected chi connectivity index (χ1v) is 9.41. The molecule has 0 saturated carbocycles. The van der Waals surface area contributed by atoms with E-state index in [4.69, 9.17) is 27.1 Å². The number of benzene rings is 2. The van der Waals surface area contributed by atoms with Gasteiger partial charge in [-0.05, 0) is 24.3 Å². The summed E-state index contributed by atoms with van der Waals surface area (Å²) in [5, 5.41) is 12.4. The van der Waals surface area contributed by atoms with Crippen LogP contribution in [0.25, 0.3) is 43.9 Å². The van der Waals surface area contributed by atoms with Gasteiger partial charge in [-0.15, -0.1) is 0 Å². The van der Waals surface area contributed by atoms with Gasteiger partial charge in [0.25, 0.3) is 0 Å². The number of hydrogen-bond donors (Lipinski definition) is 1. The van der Waals surface area contributed by atoms with Gasteiger partial charge in [0.2, 0.25) is 11.5 Å². The van der Waals surface area contributed by atoms with Gasteiger partial charge in [0.05, 0.1) is 41.2 Å². The minimum Gasteiger partial charge on any atom is -0.502 e. The van der Waals surface area contributed by atoms with Crippen LogP contribution in [0.1, 0.15) is 0 Å². The number of phenols is 1. The summed E-state index contributed by atoms with van der Waals surface area (Å²) in [6, 6.07) is 8.81. The lowest BCUT2D eigenvalue weighted by Gasteiger charge is -2.14. The highest BCUT2D eigenvalue weighted by Gasteiger charge is 2.25. The zero-order chi connectivity index (χ0) is 22.0. The summed E-state index contributed by atoms with van der Waals surface area (Å²) in [7, 11) is 1.50. The quantitative estimate of drug-likeness (QED) is 0.389. The summed E-state index contributed by atoms with van der Waals surface area (Å²) in [4.78, 5) is 23.8. The Morgan fingerprint density at radius 3 is 1.91 bits per heavy atom. The molecule has 0 amide bonds. The zero-order valence-electron chi connectivity index (χ0n) is 16.3. The van der Waals surface area contributed by atoms with E-state index in [9.17, 15) is 14.7 Å². The van der Waals surface area contributed by atoms with E-state index in [0.717, 1.165) is 0 Å². The van der Waals surface area contributed by atoms with Crippen LogP contribution in [0.3, 0.4) is 0 Å². The second-order valence-corrected chi connectivity index (χ2v) is 6.96. The zero-order valence-corrected chi connectivity index (χ0v) is 16.3. The minimum atomic E-state index is -0.654. The SMILES string of the molecule is COc1c2ccoc2c(Oc2c3ccoc3c(O)c3oc(=O)ccc23)c2oc(=O)ccc12. The predicted octanol–water partition coefficient (Wildman–Crippen LogP) is 4.90. The highest BCUT2D eigenvalue weighted by Crippen LogP contribution is 2.48. The van der Waals surface area contributed by atoms with Crippen LogP contribution >= 0.6 is 0 Å². The molecule has 9 nitrogen and oxygen atoms in total. The summed E-state index contributed by atoms with van der Waals surface area (Å²) in [6.07, 6.45) is 2.82. The Kier molecular flexibility index (Phi) is 3.64. The molecule has 1 N–H and O–H groups in total. The van der Waals surface area contributed by atoms with Gasteiger partial charge >= 0.3 is 11.3 Å². The molecule has 4 heterocycles. The summed E-state index contributed by atoms with van der Waals surface area (Å²) < 4.78 is 33.5. The van der Waals surface area contributed by atoms with E-state index in [1.54, 1.807) is 18.2 Å². The Morgan fingerprint density at radius 2 is 1.22 bits per heavy atom. The highest BCUT2D eigenvalue weighted by molar-refractivity contribution is 6.09. The van der Waals surface area contributed by atoms with Crippen molar-refractivity contribution in [1.82, 2.24) is 0 Å². The third-order valence-corrected chi connectivity index (χ3v) is 5.23. The Bertz CT molecular complexity index is 1800. The Balaban J connectivity index is 1.75. The standard InChI is InChI=1S/C23H12O9/c1-27-17-10-2-4-15(25)31-22(10)23(21-12(17)6-9-29-21)32-18-11-3-5-14(24)30-20(11)16(26)19-13(18)7-8-28-19/h2-9,26H,1H3. The van der Waals surface area contributed by atoms with Gasteiger partial charge in [-0.2, -0.15) is 0 Å². The van der Waals surface area contributed by atoms with Crippen LogP contribution in [0.15, 0.2) is 76.2 Å². The normalized spacial score (nSPS) is 11.7. The molecule has 4 aromatic heterocycles. The van der Waals surface area contributed by atoms with Gasteiger partial charge in [-0.1, -0.05) is 0 Å². The predicted molar refractivity (Wildman–Crippen MR) is 113 cm³/mol. The first-order chi connectivity index (χ1) is 15.6. The minimum absolute atomic E-state index is 0.0665. The molecule has 0 fully saturated rings. The fourth-order valence-corrected chi connectivity index (χ4v) is 3.89. The molecule has 0 saturated heterocycles. The number of furan rings is 2. The number of methoxy groups -OCH3 is 1. The first kappa shape index (κ1) is 18.1. The molecule has 9 heteroatoms. The fourth-order valence-electron chi connectivity index (χ4n) is 3.89. The van der Waals surface area contributed by atoms with E-state index in [1.807, 2.05) is 0 Å². The molecule has 32 heavy (non-hydrogen) atoms. The average Bonchev–Trinajstić information content (AvgIpc) is 3.46. The van der Waals surface area contributed by atoms with Crippen molar-refractivity contribution in [3.05, 3.63) is 69.8 Å². The first-order valence-electron chi connectivity index (χ1n) is 9.41. The monoisotopic (exact) mass is 432 g/mol. The number of hydrogen-bond acceptors (Lipinski definition) is 9. The Hall–Kier alpha value is -4.66. The van der Waals surface area contributed by atoms with E-state index < -0.39 is 11.3 Å². The highest BCUT2D eigenvalue weighted by atomic mass is 16.5. The van der Waals surface area contributed by atoms with Crippen LogP contribution in [-0.4, -0.2) is 12.2 Å². The molecule has 0 aliphatic carbocycles. The smallest absolute Gasteiger partial charge is 0.336 e. The molecule has 0 spiro atoms. The molecular weight excluding hydrogens is 420 g/mol. The van der Waals surface area contributed by atoms with Gasteiger partial charge in [0, 0.05) is 12.1 Å². The van der Waals surface area contributed by atoms with Gasteiger partial charge < -0.3 is 32.2 Å². The van der Waals surface area contributed by atoms with E-state index in [2.05, 4.69) is 0 Å². The molecule has 0 bridgehead atoms. The third-order valence-electron chi connectivity index (χ3n) is 5.23. The van der Waals surface area contributed by atoms with Gasteiger partial charge in [-0.25, -0.2) is 9.59 Å². The summed E-state index contributed by atoms with van der Waals surface area (Å²) in [5.41, 5.74) is -0.906. The van der Waals surface area contributed by atoms with E-state index in [0.29, 0.717) is 27.3 Å². The second-order valence-electron chi connectivity index (χ2n) is 6.96. The van der Waals surface area contributed by atoms with Crippen molar-refractivity contribution in [1.29, 1.82) is 0 Å². The maximum Gasteiger partial charge on any atom is 0.336 e. The van der Waals surface area contributed by atoms with Crippen LogP contribution < -0.4 is 20.7 Å². The van der Waals surface area contributed by atoms with Crippen molar-refractivity contribution in [3.8, 4) is 23.0 Å². The summed E-state index contributed by atoms with van der Waals surface area (Å²) in [5.74, 6) is 0.439. The molecule has 6 rings (SSSR count). The van der Waals surface area contributed by atoms with Crippen LogP contribution in [-0.2, 0) is 0 Å². The van der Waals surface area contributed by atoms with Crippen LogP contribution in [0.4, 0.5) is 0 Å². The Morgan fingerprint density at radius 1 is 0.656 bits per heavy atom. The van der Waals surface area contributed by atoms with Gasteiger partial charge in [0.1, 0.15) is 11.5 Å². The average molecular weight is 432 g/mol. The third kappa shape index (κ3) is 2.38. The molecule has 0 unspecified atom stereocenters. The molecule has 0 aliphatic heterocycles. The van der Waals surface area contributed by atoms with Crippen molar-refractivity contribution in [2.75, 3.05) is 7.11 Å². The molecule has 158 valence electrons. The number of ether oxygens (including phenoxy) is 2. The van der Waals surface area contributed by atoms with E-state index >= 15 is 0 Å². The molecule has 0 aliphatic rings. The van der Waals surface area contributed by atoms with Crippen molar-refractivity contribution in [2.24, 2.45) is 0 Å². The van der Waals surface area contributed by atoms with Crippen LogP contribution in [0, 0.1) is 0 Å². The van der Waals surface area contributed by atoms with Crippen LogP contribution in [0.5, 0.6) is 23.0 Å².